The van der Waals surface area contributed by atoms with E-state index in [1.165, 1.54) is 60.6 Å². The van der Waals surface area contributed by atoms with Gasteiger partial charge in [-0.15, -0.1) is 0 Å². The van der Waals surface area contributed by atoms with Gasteiger partial charge in [0.2, 0.25) is 0 Å². The van der Waals surface area contributed by atoms with E-state index in [1.807, 2.05) is 0 Å². The van der Waals surface area contributed by atoms with Gasteiger partial charge in [0.15, 0.2) is 0 Å². The monoisotopic (exact) mass is 573 g/mol. The summed E-state index contributed by atoms with van der Waals surface area (Å²) < 4.78 is 0. The summed E-state index contributed by atoms with van der Waals surface area (Å²) in [7, 11) is 0. The molecule has 0 radical (unpaired) electrons. The summed E-state index contributed by atoms with van der Waals surface area (Å²) in [6.45, 7) is 0. The molecule has 0 amide bonds. The highest BCUT2D eigenvalue weighted by Crippen LogP contribution is 2.43. The minimum Gasteiger partial charge on any atom is -0.310 e. The predicted octanol–water partition coefficient (Wildman–Crippen LogP) is 12.5. The molecule has 1 heteroatoms. The third-order valence-corrected chi connectivity index (χ3v) is 8.65. The van der Waals surface area contributed by atoms with Crippen molar-refractivity contribution in [3.05, 3.63) is 188 Å². The Balaban J connectivity index is 1.28. The highest BCUT2D eigenvalue weighted by Gasteiger charge is 2.18. The van der Waals surface area contributed by atoms with E-state index in [0.717, 1.165) is 11.4 Å². The van der Waals surface area contributed by atoms with Gasteiger partial charge in [-0.3, -0.25) is 0 Å². The fourth-order valence-electron chi connectivity index (χ4n) is 6.48. The number of hydrogen-bond acceptors (Lipinski definition) is 1. The molecule has 0 saturated carbocycles. The van der Waals surface area contributed by atoms with E-state index in [1.54, 1.807) is 0 Å². The molecule has 0 aliphatic rings. The first-order valence-corrected chi connectivity index (χ1v) is 15.4. The van der Waals surface area contributed by atoms with Gasteiger partial charge in [-0.1, -0.05) is 152 Å². The second-order valence-electron chi connectivity index (χ2n) is 11.4. The largest absolute Gasteiger partial charge is 0.310 e. The van der Waals surface area contributed by atoms with Crippen molar-refractivity contribution in [2.45, 2.75) is 0 Å². The lowest BCUT2D eigenvalue weighted by Crippen LogP contribution is -2.10. The van der Waals surface area contributed by atoms with E-state index < -0.39 is 0 Å². The van der Waals surface area contributed by atoms with Crippen LogP contribution in [0.2, 0.25) is 0 Å². The molecule has 0 unspecified atom stereocenters. The molecule has 45 heavy (non-hydrogen) atoms. The van der Waals surface area contributed by atoms with Gasteiger partial charge in [-0.25, -0.2) is 0 Å². The van der Waals surface area contributed by atoms with E-state index in [4.69, 9.17) is 0 Å². The first kappa shape index (κ1) is 26.7. The van der Waals surface area contributed by atoms with Gasteiger partial charge in [0.1, 0.15) is 0 Å². The standard InChI is InChI=1S/C44H31N/c1-4-14-32(15-5-1)35-26-29-40(43(30-35)33-16-6-2-7-17-33)34-24-27-38(28-25-34)45(37-19-8-3-9-20-37)44-31-36-18-10-11-21-39(36)41-22-12-13-23-42(41)44/h1-31H. The number of anilines is 3. The zero-order chi connectivity index (χ0) is 30.0. The maximum Gasteiger partial charge on any atom is 0.0546 e. The van der Waals surface area contributed by atoms with Crippen LogP contribution in [0.3, 0.4) is 0 Å². The van der Waals surface area contributed by atoms with Gasteiger partial charge in [0.05, 0.1) is 5.69 Å². The first-order chi connectivity index (χ1) is 22.3. The highest BCUT2D eigenvalue weighted by atomic mass is 15.1. The van der Waals surface area contributed by atoms with Gasteiger partial charge in [-0.2, -0.15) is 0 Å². The average molecular weight is 574 g/mol. The molecule has 0 saturated heterocycles. The van der Waals surface area contributed by atoms with E-state index >= 15 is 0 Å². The summed E-state index contributed by atoms with van der Waals surface area (Å²) in [5.74, 6) is 0. The maximum absolute atomic E-state index is 2.38. The van der Waals surface area contributed by atoms with Crippen molar-refractivity contribution in [1.82, 2.24) is 0 Å². The molecule has 0 heterocycles. The van der Waals surface area contributed by atoms with Gasteiger partial charge in [0, 0.05) is 16.8 Å². The summed E-state index contributed by atoms with van der Waals surface area (Å²) in [6, 6.07) is 67.6. The third-order valence-electron chi connectivity index (χ3n) is 8.65. The van der Waals surface area contributed by atoms with Crippen molar-refractivity contribution >= 4 is 38.6 Å². The summed E-state index contributed by atoms with van der Waals surface area (Å²) in [5.41, 5.74) is 10.7. The lowest BCUT2D eigenvalue weighted by Gasteiger charge is -2.28. The van der Waals surface area contributed by atoms with Crippen LogP contribution in [0.15, 0.2) is 188 Å². The average Bonchev–Trinajstić information content (AvgIpc) is 3.13. The molecule has 8 rings (SSSR count). The molecule has 0 fully saturated rings. The number of fused-ring (bicyclic) bond motifs is 3. The molecule has 0 spiro atoms. The topological polar surface area (TPSA) is 3.24 Å². The fraction of sp³-hybridized carbons (Fsp3) is 0. The van der Waals surface area contributed by atoms with Crippen LogP contribution in [0.5, 0.6) is 0 Å². The van der Waals surface area contributed by atoms with Crippen LogP contribution >= 0.6 is 0 Å². The smallest absolute Gasteiger partial charge is 0.0546 e. The molecular formula is C44H31N. The van der Waals surface area contributed by atoms with Gasteiger partial charge in [0.25, 0.3) is 0 Å². The second-order valence-corrected chi connectivity index (χ2v) is 11.4. The molecule has 0 aliphatic carbocycles. The Kier molecular flexibility index (Phi) is 6.90. The molecule has 0 atom stereocenters. The van der Waals surface area contributed by atoms with Crippen molar-refractivity contribution in [1.29, 1.82) is 0 Å². The minimum atomic E-state index is 1.12. The number of benzene rings is 8. The zero-order valence-corrected chi connectivity index (χ0v) is 24.8. The molecule has 0 bridgehead atoms. The van der Waals surface area contributed by atoms with Crippen LogP contribution in [0, 0.1) is 0 Å². The Bertz CT molecular complexity index is 2240. The first-order valence-electron chi connectivity index (χ1n) is 15.4. The van der Waals surface area contributed by atoms with Crippen LogP contribution < -0.4 is 4.90 Å². The number of para-hydroxylation sites is 1. The van der Waals surface area contributed by atoms with E-state index in [9.17, 15) is 0 Å². The number of rotatable bonds is 6. The third kappa shape index (κ3) is 5.05. The van der Waals surface area contributed by atoms with Crippen LogP contribution in [0.1, 0.15) is 0 Å². The van der Waals surface area contributed by atoms with Crippen LogP contribution in [-0.4, -0.2) is 0 Å². The Morgan fingerprint density at radius 1 is 0.289 bits per heavy atom. The molecule has 8 aromatic carbocycles. The quantitative estimate of drug-likeness (QED) is 0.179. The SMILES string of the molecule is c1ccc(-c2ccc(-c3ccc(N(c4ccccc4)c4cc5ccccc5c5ccccc45)cc3)c(-c3ccccc3)c2)cc1. The van der Waals surface area contributed by atoms with Crippen molar-refractivity contribution < 1.29 is 0 Å². The Morgan fingerprint density at radius 2 is 0.800 bits per heavy atom. The lowest BCUT2D eigenvalue weighted by atomic mass is 9.91. The molecule has 8 aromatic rings. The summed E-state index contributed by atoms with van der Waals surface area (Å²) in [5, 5.41) is 4.99. The Labute approximate surface area is 264 Å². The molecule has 0 aliphatic heterocycles. The lowest BCUT2D eigenvalue weighted by molar-refractivity contribution is 1.30. The van der Waals surface area contributed by atoms with Crippen molar-refractivity contribution in [3.63, 3.8) is 0 Å². The zero-order valence-electron chi connectivity index (χ0n) is 24.8. The molecule has 1 nitrogen and oxygen atoms in total. The van der Waals surface area contributed by atoms with Crippen molar-refractivity contribution in [2.75, 3.05) is 4.90 Å². The molecule has 0 N–H and O–H groups in total. The van der Waals surface area contributed by atoms with Crippen molar-refractivity contribution in [3.8, 4) is 33.4 Å². The number of nitrogens with zero attached hydrogens (tertiary/aromatic N) is 1. The highest BCUT2D eigenvalue weighted by molar-refractivity contribution is 6.14. The van der Waals surface area contributed by atoms with Crippen LogP contribution in [-0.2, 0) is 0 Å². The summed E-state index contributed by atoms with van der Waals surface area (Å²) >= 11 is 0. The Morgan fingerprint density at radius 3 is 1.51 bits per heavy atom. The van der Waals surface area contributed by atoms with Crippen molar-refractivity contribution in [2.24, 2.45) is 0 Å². The molecule has 212 valence electrons. The van der Waals surface area contributed by atoms with Crippen LogP contribution in [0.4, 0.5) is 17.1 Å². The Hall–Kier alpha value is -5.92. The van der Waals surface area contributed by atoms with E-state index in [0.29, 0.717) is 0 Å². The number of hydrogen-bond donors (Lipinski definition) is 0. The van der Waals surface area contributed by atoms with Gasteiger partial charge in [-0.05, 0) is 85.9 Å². The second kappa shape index (κ2) is 11.6. The summed E-state index contributed by atoms with van der Waals surface area (Å²) in [4.78, 5) is 2.38. The molecule has 0 aromatic heterocycles. The van der Waals surface area contributed by atoms with E-state index in [2.05, 4.69) is 193 Å². The predicted molar refractivity (Wildman–Crippen MR) is 192 cm³/mol. The van der Waals surface area contributed by atoms with Crippen LogP contribution in [0.25, 0.3) is 54.9 Å². The normalized spacial score (nSPS) is 11.1. The summed E-state index contributed by atoms with van der Waals surface area (Å²) in [6.07, 6.45) is 0. The molecular weight excluding hydrogens is 542 g/mol. The van der Waals surface area contributed by atoms with E-state index in [-0.39, 0.29) is 0 Å². The fourth-order valence-corrected chi connectivity index (χ4v) is 6.48. The van der Waals surface area contributed by atoms with Gasteiger partial charge >= 0.3 is 0 Å². The minimum absolute atomic E-state index is 1.12. The maximum atomic E-state index is 2.38. The van der Waals surface area contributed by atoms with Gasteiger partial charge < -0.3 is 4.90 Å².